The zero-order valence-corrected chi connectivity index (χ0v) is 10.7. The minimum absolute atomic E-state index is 0.130. The van der Waals surface area contributed by atoms with Gasteiger partial charge in [-0.3, -0.25) is 14.4 Å². The Hall–Kier alpha value is -2.17. The topological polar surface area (TPSA) is 80.7 Å². The summed E-state index contributed by atoms with van der Waals surface area (Å²) in [4.78, 5) is 34.2. The maximum atomic E-state index is 11.8. The molecule has 0 saturated carbocycles. The number of rotatable bonds is 7. The third-order valence-electron chi connectivity index (χ3n) is 2.63. The van der Waals surface area contributed by atoms with Crippen LogP contribution in [0.5, 0.6) is 5.75 Å². The van der Waals surface area contributed by atoms with Crippen LogP contribution in [0.25, 0.3) is 0 Å². The second-order valence-electron chi connectivity index (χ2n) is 4.09. The fraction of sp³-hybridized carbons (Fsp3) is 0.357. The van der Waals surface area contributed by atoms with E-state index in [1.165, 1.54) is 19.2 Å². The highest BCUT2D eigenvalue weighted by molar-refractivity contribution is 6.09. The number of carbonyl (C=O) groups excluding carboxylic acids is 3. The highest BCUT2D eigenvalue weighted by Gasteiger charge is 2.15. The van der Waals surface area contributed by atoms with Crippen LogP contribution in [0.2, 0.25) is 0 Å². The molecular weight excluding hydrogens is 248 g/mol. The predicted molar refractivity (Wildman–Crippen MR) is 67.9 cm³/mol. The Morgan fingerprint density at radius 3 is 2.47 bits per heavy atom. The molecule has 0 amide bonds. The van der Waals surface area contributed by atoms with Gasteiger partial charge in [-0.05, 0) is 18.6 Å². The van der Waals surface area contributed by atoms with Crippen LogP contribution in [-0.4, -0.2) is 29.8 Å². The van der Waals surface area contributed by atoms with Gasteiger partial charge in [0.25, 0.3) is 0 Å². The van der Waals surface area contributed by atoms with E-state index in [1.807, 2.05) is 0 Å². The summed E-state index contributed by atoms with van der Waals surface area (Å²) in [6, 6.07) is 6.09. The van der Waals surface area contributed by atoms with E-state index in [0.29, 0.717) is 6.42 Å². The van der Waals surface area contributed by atoms with Crippen molar-refractivity contribution in [2.45, 2.75) is 25.7 Å². The summed E-state index contributed by atoms with van der Waals surface area (Å²) in [7, 11) is 1.28. The van der Waals surface area contributed by atoms with Crippen LogP contribution in [0.1, 0.15) is 36.0 Å². The first-order valence-electron chi connectivity index (χ1n) is 5.94. The molecule has 1 N–H and O–H groups in total. The summed E-state index contributed by atoms with van der Waals surface area (Å²) < 4.78 is 4.45. The number of phenolic OH excluding ortho intramolecular Hbond substituents is 1. The number of Topliss-reactive ketones (excluding diaryl/α,β-unsaturated/α-hetero) is 2. The lowest BCUT2D eigenvalue weighted by Crippen LogP contribution is -2.09. The van der Waals surface area contributed by atoms with Gasteiger partial charge in [0, 0.05) is 12.8 Å². The van der Waals surface area contributed by atoms with Crippen molar-refractivity contribution in [3.63, 3.8) is 0 Å². The molecule has 0 atom stereocenters. The number of methoxy groups -OCH3 is 1. The van der Waals surface area contributed by atoms with E-state index in [1.54, 1.807) is 12.1 Å². The average Bonchev–Trinajstić information content (AvgIpc) is 2.38. The Kier molecular flexibility index (Phi) is 5.73. The van der Waals surface area contributed by atoms with Crippen molar-refractivity contribution < 1.29 is 24.2 Å². The van der Waals surface area contributed by atoms with Gasteiger partial charge in [-0.15, -0.1) is 0 Å². The lowest BCUT2D eigenvalue weighted by molar-refractivity contribution is -0.140. The third-order valence-corrected chi connectivity index (χ3v) is 2.63. The lowest BCUT2D eigenvalue weighted by Gasteiger charge is -2.03. The Bertz CT molecular complexity index is 478. The van der Waals surface area contributed by atoms with Crippen LogP contribution in [0.15, 0.2) is 24.3 Å². The lowest BCUT2D eigenvalue weighted by atomic mass is 10.0. The van der Waals surface area contributed by atoms with Gasteiger partial charge < -0.3 is 9.84 Å². The van der Waals surface area contributed by atoms with E-state index in [2.05, 4.69) is 4.74 Å². The molecule has 0 saturated heterocycles. The number of carbonyl (C=O) groups is 3. The van der Waals surface area contributed by atoms with E-state index >= 15 is 0 Å². The molecular formula is C14H16O5. The summed E-state index contributed by atoms with van der Waals surface area (Å²) in [5.74, 6) is -1.17. The van der Waals surface area contributed by atoms with E-state index in [-0.39, 0.29) is 42.3 Å². The molecule has 5 heteroatoms. The fourth-order valence-electron chi connectivity index (χ4n) is 1.60. The minimum atomic E-state index is -0.416. The highest BCUT2D eigenvalue weighted by atomic mass is 16.5. The number of para-hydroxylation sites is 1. The van der Waals surface area contributed by atoms with Crippen LogP contribution < -0.4 is 0 Å². The minimum Gasteiger partial charge on any atom is -0.507 e. The van der Waals surface area contributed by atoms with Gasteiger partial charge in [0.05, 0.1) is 19.1 Å². The Morgan fingerprint density at radius 1 is 1.16 bits per heavy atom. The van der Waals surface area contributed by atoms with E-state index in [0.717, 1.165) is 0 Å². The SMILES string of the molecule is COC(=O)CCCC(=O)CC(=O)c1ccccc1O. The molecule has 0 aliphatic carbocycles. The summed E-state index contributed by atoms with van der Waals surface area (Å²) >= 11 is 0. The van der Waals surface area contributed by atoms with Gasteiger partial charge in [0.1, 0.15) is 11.5 Å². The number of hydrogen-bond acceptors (Lipinski definition) is 5. The van der Waals surface area contributed by atoms with Gasteiger partial charge >= 0.3 is 5.97 Å². The van der Waals surface area contributed by atoms with Gasteiger partial charge in [-0.2, -0.15) is 0 Å². The largest absolute Gasteiger partial charge is 0.507 e. The number of hydrogen-bond donors (Lipinski definition) is 1. The third kappa shape index (κ3) is 4.91. The zero-order valence-electron chi connectivity index (χ0n) is 10.7. The zero-order chi connectivity index (χ0) is 14.3. The Balaban J connectivity index is 2.43. The van der Waals surface area contributed by atoms with E-state index in [4.69, 9.17) is 0 Å². The number of esters is 1. The fourth-order valence-corrected chi connectivity index (χ4v) is 1.60. The number of ether oxygens (including phenoxy) is 1. The average molecular weight is 264 g/mol. The highest BCUT2D eigenvalue weighted by Crippen LogP contribution is 2.18. The first kappa shape index (κ1) is 14.9. The molecule has 0 aliphatic heterocycles. The van der Waals surface area contributed by atoms with Crippen LogP contribution in [0.4, 0.5) is 0 Å². The van der Waals surface area contributed by atoms with Crippen molar-refractivity contribution in [1.82, 2.24) is 0 Å². The second-order valence-corrected chi connectivity index (χ2v) is 4.09. The van der Waals surface area contributed by atoms with E-state index in [9.17, 15) is 19.5 Å². The molecule has 0 radical (unpaired) electrons. The molecule has 1 rings (SSSR count). The number of phenols is 1. The summed E-state index contributed by atoms with van der Waals surface area (Å²) in [5, 5.41) is 9.48. The smallest absolute Gasteiger partial charge is 0.305 e. The molecule has 0 aromatic heterocycles. The van der Waals surface area contributed by atoms with Crippen molar-refractivity contribution in [2.24, 2.45) is 0 Å². The number of ketones is 2. The molecule has 1 aromatic rings. The van der Waals surface area contributed by atoms with Gasteiger partial charge in [0.2, 0.25) is 0 Å². The molecule has 0 unspecified atom stereocenters. The Labute approximate surface area is 111 Å². The molecule has 0 spiro atoms. The van der Waals surface area contributed by atoms with Crippen molar-refractivity contribution in [3.8, 4) is 5.75 Å². The molecule has 0 bridgehead atoms. The molecule has 0 heterocycles. The molecule has 1 aromatic carbocycles. The maximum Gasteiger partial charge on any atom is 0.305 e. The molecule has 0 fully saturated rings. The first-order valence-corrected chi connectivity index (χ1v) is 5.94. The molecule has 5 nitrogen and oxygen atoms in total. The normalized spacial score (nSPS) is 9.95. The molecule has 102 valence electrons. The van der Waals surface area contributed by atoms with E-state index < -0.39 is 5.78 Å². The van der Waals surface area contributed by atoms with Gasteiger partial charge in [0.15, 0.2) is 5.78 Å². The first-order chi connectivity index (χ1) is 9.04. The summed E-state index contributed by atoms with van der Waals surface area (Å²) in [6.45, 7) is 0. The van der Waals surface area contributed by atoms with Crippen molar-refractivity contribution >= 4 is 17.5 Å². The van der Waals surface area contributed by atoms with Crippen molar-refractivity contribution in [2.75, 3.05) is 7.11 Å². The Morgan fingerprint density at radius 2 is 1.84 bits per heavy atom. The predicted octanol–water partition coefficient (Wildman–Crippen LogP) is 1.88. The van der Waals surface area contributed by atoms with Gasteiger partial charge in [-0.25, -0.2) is 0 Å². The molecule has 0 aliphatic rings. The quantitative estimate of drug-likeness (QED) is 0.462. The van der Waals surface area contributed by atoms with Crippen LogP contribution >= 0.6 is 0 Å². The second kappa shape index (κ2) is 7.31. The van der Waals surface area contributed by atoms with Gasteiger partial charge in [-0.1, -0.05) is 12.1 Å². The summed E-state index contributed by atoms with van der Waals surface area (Å²) in [5.41, 5.74) is 0.142. The number of benzene rings is 1. The molecule has 19 heavy (non-hydrogen) atoms. The van der Waals surface area contributed by atoms with Crippen LogP contribution in [-0.2, 0) is 14.3 Å². The number of aromatic hydroxyl groups is 1. The maximum absolute atomic E-state index is 11.8. The summed E-state index contributed by atoms with van der Waals surface area (Å²) in [6.07, 6.45) is 0.403. The van der Waals surface area contributed by atoms with Crippen molar-refractivity contribution in [1.29, 1.82) is 0 Å². The monoisotopic (exact) mass is 264 g/mol. The van der Waals surface area contributed by atoms with Crippen LogP contribution in [0.3, 0.4) is 0 Å². The standard InChI is InChI=1S/C14H16O5/c1-19-14(18)8-4-5-10(15)9-13(17)11-6-2-3-7-12(11)16/h2-3,6-7,16H,4-5,8-9H2,1H3. The van der Waals surface area contributed by atoms with Crippen LogP contribution in [0, 0.1) is 0 Å². The van der Waals surface area contributed by atoms with Crippen molar-refractivity contribution in [3.05, 3.63) is 29.8 Å².